The Labute approximate surface area is 324 Å². The maximum Gasteiger partial charge on any atom is 0.344 e. The zero-order valence-electron chi connectivity index (χ0n) is 32.7. The van der Waals surface area contributed by atoms with Gasteiger partial charge in [-0.2, -0.15) is 0 Å². The molecule has 53 heavy (non-hydrogen) atoms. The lowest BCUT2D eigenvalue weighted by Crippen LogP contribution is -2.52. The molecule has 4 aliphatic carbocycles. The van der Waals surface area contributed by atoms with E-state index < -0.39 is 0 Å². The zero-order valence-corrected chi connectivity index (χ0v) is 34.3. The number of fused-ring (bicyclic) bond motifs is 6. The molecule has 6 nitrogen and oxygen atoms in total. The first kappa shape index (κ1) is 38.2. The first-order valence-corrected chi connectivity index (χ1v) is 21.1. The maximum absolute atomic E-state index is 13.3. The molecule has 286 valence electrons. The number of esters is 1. The van der Waals surface area contributed by atoms with Crippen molar-refractivity contribution in [1.29, 1.82) is 0 Å². The minimum Gasteiger partial charge on any atom is -0.482 e. The van der Waals surface area contributed by atoms with Crippen LogP contribution in [0.3, 0.4) is 0 Å². The summed E-state index contributed by atoms with van der Waals surface area (Å²) in [5.74, 6) is 6.03. The van der Waals surface area contributed by atoms with Crippen LogP contribution in [0.25, 0.3) is 11.0 Å². The predicted octanol–water partition coefficient (Wildman–Crippen LogP) is 12.4. The lowest BCUT2D eigenvalue weighted by molar-refractivity contribution is -0.154. The van der Waals surface area contributed by atoms with Crippen LogP contribution in [0.2, 0.25) is 0 Å². The molecule has 0 saturated heterocycles. The topological polar surface area (TPSA) is 75.0 Å². The number of hydrogen-bond acceptors (Lipinski definition) is 6. The maximum atomic E-state index is 13.3. The lowest BCUT2D eigenvalue weighted by Gasteiger charge is -2.61. The van der Waals surface area contributed by atoms with Crippen LogP contribution in [-0.2, 0) is 9.53 Å². The molecule has 0 unspecified atom stereocenters. The van der Waals surface area contributed by atoms with Gasteiger partial charge in [0.25, 0.3) is 0 Å². The van der Waals surface area contributed by atoms with E-state index in [0.717, 1.165) is 59.2 Å². The average molecular weight is 788 g/mol. The van der Waals surface area contributed by atoms with Crippen LogP contribution >= 0.6 is 15.9 Å². The molecule has 7 rings (SSSR count). The number of carbonyl (C=O) groups excluding carboxylic acids is 1. The van der Waals surface area contributed by atoms with Gasteiger partial charge < -0.3 is 18.6 Å². The molecular formula is C46H59BrO6. The van der Waals surface area contributed by atoms with E-state index in [1.54, 1.807) is 37.3 Å². The van der Waals surface area contributed by atoms with Crippen molar-refractivity contribution < 1.29 is 23.4 Å². The van der Waals surface area contributed by atoms with Gasteiger partial charge in [-0.15, -0.1) is 0 Å². The molecule has 0 bridgehead atoms. The van der Waals surface area contributed by atoms with Gasteiger partial charge in [-0.05, 0) is 141 Å². The first-order valence-electron chi connectivity index (χ1n) is 20.4. The Bertz CT molecular complexity index is 1880. The molecule has 1 aromatic heterocycles. The van der Waals surface area contributed by atoms with Crippen molar-refractivity contribution >= 4 is 32.9 Å². The van der Waals surface area contributed by atoms with E-state index in [1.165, 1.54) is 63.4 Å². The number of carbonyl (C=O) groups is 1. The second-order valence-electron chi connectivity index (χ2n) is 18.0. The average Bonchev–Trinajstić information content (AvgIpc) is 3.12. The smallest absolute Gasteiger partial charge is 0.344 e. The third kappa shape index (κ3) is 8.02. The number of benzene rings is 2. The van der Waals surface area contributed by atoms with Crippen LogP contribution in [0.4, 0.5) is 0 Å². The Hall–Kier alpha value is -3.06. The normalized spacial score (nSPS) is 30.1. The number of rotatable bonds is 11. The quantitative estimate of drug-likeness (QED) is 0.142. The van der Waals surface area contributed by atoms with Gasteiger partial charge in [-0.25, -0.2) is 4.79 Å². The summed E-state index contributed by atoms with van der Waals surface area (Å²) in [6.07, 6.45) is 17.5. The number of ether oxygens (including phenoxy) is 3. The summed E-state index contributed by atoms with van der Waals surface area (Å²) in [7, 11) is 0. The number of aryl methyl sites for hydroxylation is 1. The van der Waals surface area contributed by atoms with Crippen molar-refractivity contribution in [3.63, 3.8) is 0 Å². The van der Waals surface area contributed by atoms with E-state index in [0.29, 0.717) is 33.6 Å². The second-order valence-corrected chi connectivity index (χ2v) is 18.9. The fraction of sp³-hybridized carbons (Fsp3) is 0.609. The Balaban J connectivity index is 0.932. The van der Waals surface area contributed by atoms with Crippen molar-refractivity contribution in [2.45, 2.75) is 125 Å². The van der Waals surface area contributed by atoms with Crippen LogP contribution in [0.5, 0.6) is 17.2 Å². The van der Waals surface area contributed by atoms with Gasteiger partial charge in [0.2, 0.25) is 11.2 Å². The summed E-state index contributed by atoms with van der Waals surface area (Å²) in [5.41, 5.74) is 2.32. The van der Waals surface area contributed by atoms with Gasteiger partial charge in [0.15, 0.2) is 6.61 Å². The Morgan fingerprint density at radius 2 is 1.74 bits per heavy atom. The van der Waals surface area contributed by atoms with Crippen molar-refractivity contribution in [1.82, 2.24) is 0 Å². The fourth-order valence-corrected chi connectivity index (χ4v) is 11.3. The van der Waals surface area contributed by atoms with Crippen molar-refractivity contribution in [3.05, 3.63) is 74.6 Å². The third-order valence-electron chi connectivity index (χ3n) is 14.1. The standard InChI is InChI=1S/C46H59BrO6/c1-28(2)8-7-9-29(3)31-10-19-39-37-17-11-32-24-36(20-23-46(32,6)40(37)21-22-45(39,5)26-31)52-42(48)27-50-35-16-18-38-41(25-35)51-30(4)44(43(38)49)53-34-14-12-33(47)13-15-34/h11-16,18,25,28-29,31,36-37,39-40H,7-10,17,19-24,26-27H2,1-6H3/t29-,31+,36-,37-,39+,40-,45-,46+/m0/s1. The van der Waals surface area contributed by atoms with Gasteiger partial charge in [-0.3, -0.25) is 4.79 Å². The van der Waals surface area contributed by atoms with Gasteiger partial charge in [-0.1, -0.05) is 81.5 Å². The predicted molar refractivity (Wildman–Crippen MR) is 214 cm³/mol. The largest absolute Gasteiger partial charge is 0.482 e. The van der Waals surface area contributed by atoms with Crippen LogP contribution in [0.1, 0.15) is 117 Å². The fourth-order valence-electron chi connectivity index (χ4n) is 11.1. The molecule has 0 spiro atoms. The number of allylic oxidation sites excluding steroid dienone is 1. The zero-order chi connectivity index (χ0) is 37.5. The summed E-state index contributed by atoms with van der Waals surface area (Å²) in [5, 5.41) is 0.378. The molecule has 1 heterocycles. The van der Waals surface area contributed by atoms with Gasteiger partial charge in [0.1, 0.15) is 28.9 Å². The SMILES string of the molecule is Cc1oc2cc(OCC(=O)O[C@H]3CC[C@]4(C)C(=CC[C@H]5[C@H]6CC[C@@H]([C@@H](C)CCCC(C)C)C[C@]6(C)CC[C@@H]54)C3)ccc2c(=O)c1Oc1ccc(Br)cc1. The highest BCUT2D eigenvalue weighted by Gasteiger charge is 2.56. The summed E-state index contributed by atoms with van der Waals surface area (Å²) in [6.45, 7) is 13.9. The molecule has 3 aromatic rings. The highest BCUT2D eigenvalue weighted by Crippen LogP contribution is 2.65. The lowest BCUT2D eigenvalue weighted by atomic mass is 9.44. The summed E-state index contributed by atoms with van der Waals surface area (Å²) in [6, 6.07) is 12.2. The molecule has 0 amide bonds. The first-order chi connectivity index (χ1) is 25.3. The van der Waals surface area contributed by atoms with Gasteiger partial charge >= 0.3 is 5.97 Å². The molecule has 4 aliphatic rings. The van der Waals surface area contributed by atoms with E-state index in [9.17, 15) is 9.59 Å². The van der Waals surface area contributed by atoms with E-state index in [4.69, 9.17) is 18.6 Å². The van der Waals surface area contributed by atoms with Crippen LogP contribution < -0.4 is 14.9 Å². The van der Waals surface area contributed by atoms with Crippen molar-refractivity contribution in [3.8, 4) is 17.2 Å². The minimum atomic E-state index is -0.368. The molecule has 0 N–H and O–H groups in total. The minimum absolute atomic E-state index is 0.120. The molecule has 8 atom stereocenters. The summed E-state index contributed by atoms with van der Waals surface area (Å²) in [4.78, 5) is 26.3. The molecular weight excluding hydrogens is 728 g/mol. The van der Waals surface area contributed by atoms with Gasteiger partial charge in [0.05, 0.1) is 5.39 Å². The van der Waals surface area contributed by atoms with Gasteiger partial charge in [0, 0.05) is 17.0 Å². The van der Waals surface area contributed by atoms with Crippen molar-refractivity contribution in [2.75, 3.05) is 6.61 Å². The molecule has 0 aliphatic heterocycles. The Morgan fingerprint density at radius 3 is 2.51 bits per heavy atom. The van der Waals surface area contributed by atoms with E-state index in [2.05, 4.69) is 56.6 Å². The third-order valence-corrected chi connectivity index (χ3v) is 14.6. The van der Waals surface area contributed by atoms with Crippen LogP contribution in [0, 0.1) is 53.3 Å². The Kier molecular flexibility index (Phi) is 11.2. The second kappa shape index (κ2) is 15.6. The highest BCUT2D eigenvalue weighted by molar-refractivity contribution is 9.10. The monoisotopic (exact) mass is 786 g/mol. The number of halogens is 1. The highest BCUT2D eigenvalue weighted by atomic mass is 79.9. The summed E-state index contributed by atoms with van der Waals surface area (Å²) < 4.78 is 24.6. The summed E-state index contributed by atoms with van der Waals surface area (Å²) >= 11 is 3.41. The molecule has 2 aromatic carbocycles. The van der Waals surface area contributed by atoms with Crippen LogP contribution in [-0.4, -0.2) is 18.7 Å². The molecule has 7 heteroatoms. The van der Waals surface area contributed by atoms with E-state index >= 15 is 0 Å². The van der Waals surface area contributed by atoms with Crippen LogP contribution in [0.15, 0.2) is 67.8 Å². The van der Waals surface area contributed by atoms with Crippen molar-refractivity contribution in [2.24, 2.45) is 46.3 Å². The van der Waals surface area contributed by atoms with E-state index in [1.807, 2.05) is 12.1 Å². The molecule has 3 fully saturated rings. The van der Waals surface area contributed by atoms with E-state index in [-0.39, 0.29) is 35.3 Å². The molecule has 3 saturated carbocycles. The Morgan fingerprint density at radius 1 is 0.962 bits per heavy atom. The molecule has 0 radical (unpaired) electrons. The number of hydrogen-bond donors (Lipinski definition) is 0.